The van der Waals surface area contributed by atoms with Crippen molar-refractivity contribution >= 4 is 6.09 Å². The molecule has 2 rings (SSSR count). The number of β-amino-alcohol motifs (C(OH)–C–C–N with tert-alkyl or cyclic N) is 1. The smallest absolute Gasteiger partial charge is 0.410 e. The van der Waals surface area contributed by atoms with Crippen molar-refractivity contribution in [3.63, 3.8) is 0 Å². The molecule has 3 N–H and O–H groups in total. The molecule has 0 aromatic rings. The molecule has 7 nitrogen and oxygen atoms in total. The third-order valence-corrected chi connectivity index (χ3v) is 5.05. The van der Waals surface area contributed by atoms with E-state index in [4.69, 9.17) is 4.74 Å². The molecular formula is C17H32N2O5. The van der Waals surface area contributed by atoms with Gasteiger partial charge in [-0.15, -0.1) is 0 Å². The zero-order valence-corrected chi connectivity index (χ0v) is 15.2. The van der Waals surface area contributed by atoms with Crippen LogP contribution in [0.15, 0.2) is 0 Å². The molecule has 1 aliphatic heterocycles. The van der Waals surface area contributed by atoms with Crippen molar-refractivity contribution in [3.05, 3.63) is 0 Å². The van der Waals surface area contributed by atoms with E-state index in [9.17, 15) is 20.1 Å². The predicted octanol–water partition coefficient (Wildman–Crippen LogP) is 0.564. The number of amides is 1. The Kier molecular flexibility index (Phi) is 5.79. The molecule has 1 heterocycles. The highest BCUT2D eigenvalue weighted by atomic mass is 16.6. The third kappa shape index (κ3) is 4.39. The van der Waals surface area contributed by atoms with Gasteiger partial charge in [0.2, 0.25) is 0 Å². The van der Waals surface area contributed by atoms with Crippen LogP contribution in [0.3, 0.4) is 0 Å². The molecule has 1 amide bonds. The lowest BCUT2D eigenvalue weighted by Crippen LogP contribution is -2.64. The molecule has 2 unspecified atom stereocenters. The van der Waals surface area contributed by atoms with Gasteiger partial charge in [-0.2, -0.15) is 0 Å². The molecule has 1 saturated carbocycles. The van der Waals surface area contributed by atoms with E-state index in [-0.39, 0.29) is 25.4 Å². The van der Waals surface area contributed by atoms with E-state index in [0.717, 1.165) is 25.9 Å². The predicted molar refractivity (Wildman–Crippen MR) is 89.7 cm³/mol. The largest absolute Gasteiger partial charge is 0.444 e. The first-order valence-electron chi connectivity index (χ1n) is 8.79. The Morgan fingerprint density at radius 3 is 2.17 bits per heavy atom. The quantitative estimate of drug-likeness (QED) is 0.693. The van der Waals surface area contributed by atoms with Crippen LogP contribution in [0.25, 0.3) is 0 Å². The first-order valence-corrected chi connectivity index (χ1v) is 8.79. The third-order valence-electron chi connectivity index (χ3n) is 5.05. The van der Waals surface area contributed by atoms with Gasteiger partial charge in [0, 0.05) is 19.6 Å². The second-order valence-electron chi connectivity index (χ2n) is 8.22. The number of ether oxygens (including phenoxy) is 1. The maximum absolute atomic E-state index is 12.2. The molecule has 2 fully saturated rings. The highest BCUT2D eigenvalue weighted by Gasteiger charge is 2.50. The lowest BCUT2D eigenvalue weighted by Gasteiger charge is -2.47. The van der Waals surface area contributed by atoms with Crippen LogP contribution in [0.4, 0.5) is 4.79 Å². The number of aliphatic hydroxyl groups excluding tert-OH is 2. The Balaban J connectivity index is 1.99. The number of carbonyl (C=O) groups excluding carboxylic acids is 1. The fourth-order valence-corrected chi connectivity index (χ4v) is 3.55. The van der Waals surface area contributed by atoms with Gasteiger partial charge in [-0.05, 0) is 59.5 Å². The van der Waals surface area contributed by atoms with Crippen molar-refractivity contribution < 1.29 is 24.9 Å². The van der Waals surface area contributed by atoms with Crippen molar-refractivity contribution in [2.45, 2.75) is 75.9 Å². The zero-order valence-electron chi connectivity index (χ0n) is 15.2. The molecule has 0 aromatic heterocycles. The van der Waals surface area contributed by atoms with Gasteiger partial charge in [0.05, 0.1) is 12.2 Å². The minimum atomic E-state index is -1.55. The minimum absolute atomic E-state index is 0.219. The van der Waals surface area contributed by atoms with Gasteiger partial charge in [0.1, 0.15) is 11.2 Å². The molecule has 0 aromatic carbocycles. The number of rotatable bonds is 3. The molecule has 24 heavy (non-hydrogen) atoms. The molecule has 0 bridgehead atoms. The summed E-state index contributed by atoms with van der Waals surface area (Å²) < 4.78 is 5.34. The van der Waals surface area contributed by atoms with E-state index in [0.29, 0.717) is 0 Å². The summed E-state index contributed by atoms with van der Waals surface area (Å²) in [6.07, 6.45) is -0.0716. The van der Waals surface area contributed by atoms with Crippen molar-refractivity contribution in [3.8, 4) is 0 Å². The van der Waals surface area contributed by atoms with Crippen molar-refractivity contribution in [2.24, 2.45) is 0 Å². The van der Waals surface area contributed by atoms with Crippen LogP contribution in [-0.2, 0) is 4.74 Å². The lowest BCUT2D eigenvalue weighted by atomic mass is 9.76. The van der Waals surface area contributed by atoms with Crippen LogP contribution in [-0.4, -0.2) is 87.3 Å². The van der Waals surface area contributed by atoms with Crippen LogP contribution in [0.1, 0.15) is 46.5 Å². The summed E-state index contributed by atoms with van der Waals surface area (Å²) in [5.41, 5.74) is -2.15. The number of hydrogen-bond acceptors (Lipinski definition) is 6. The number of carbonyl (C=O) groups is 1. The Bertz CT molecular complexity index is 433. The van der Waals surface area contributed by atoms with Crippen LogP contribution in [0, 0.1) is 0 Å². The van der Waals surface area contributed by atoms with Gasteiger partial charge >= 0.3 is 6.09 Å². The number of nitrogens with zero attached hydrogens (tertiary/aromatic N) is 2. The first kappa shape index (κ1) is 19.4. The van der Waals surface area contributed by atoms with Gasteiger partial charge in [0.25, 0.3) is 0 Å². The summed E-state index contributed by atoms with van der Waals surface area (Å²) in [7, 11) is 1.60. The molecule has 4 atom stereocenters. The fourth-order valence-electron chi connectivity index (χ4n) is 3.55. The van der Waals surface area contributed by atoms with Crippen LogP contribution in [0.2, 0.25) is 0 Å². The Labute approximate surface area is 144 Å². The lowest BCUT2D eigenvalue weighted by molar-refractivity contribution is -0.186. The number of hydrogen-bond donors (Lipinski definition) is 3. The maximum atomic E-state index is 12.2. The molecule has 2 aliphatic rings. The van der Waals surface area contributed by atoms with E-state index in [1.807, 2.05) is 0 Å². The summed E-state index contributed by atoms with van der Waals surface area (Å²) in [6, 6.07) is -0.372. The van der Waals surface area contributed by atoms with E-state index in [1.165, 1.54) is 4.90 Å². The van der Waals surface area contributed by atoms with Gasteiger partial charge in [-0.3, -0.25) is 0 Å². The SMILES string of the molecule is CN(C(=O)OC(C)(C)C)C1C[C@@H](O)C(O)(CN2CCCC2)[C@@H](O)C1. The molecule has 140 valence electrons. The molecule has 7 heteroatoms. The summed E-state index contributed by atoms with van der Waals surface area (Å²) >= 11 is 0. The molecule has 0 spiro atoms. The molecule has 0 radical (unpaired) electrons. The van der Waals surface area contributed by atoms with Gasteiger partial charge in [-0.25, -0.2) is 4.79 Å². The summed E-state index contributed by atoms with van der Waals surface area (Å²) in [5.74, 6) is 0. The monoisotopic (exact) mass is 344 g/mol. The van der Waals surface area contributed by atoms with E-state index in [2.05, 4.69) is 4.90 Å². The van der Waals surface area contributed by atoms with Crippen molar-refractivity contribution in [2.75, 3.05) is 26.7 Å². The van der Waals surface area contributed by atoms with Gasteiger partial charge in [-0.1, -0.05) is 0 Å². The highest BCUT2D eigenvalue weighted by molar-refractivity contribution is 5.68. The van der Waals surface area contributed by atoms with E-state index >= 15 is 0 Å². The maximum Gasteiger partial charge on any atom is 0.410 e. The van der Waals surface area contributed by atoms with E-state index in [1.54, 1.807) is 27.8 Å². The van der Waals surface area contributed by atoms with Crippen molar-refractivity contribution in [1.82, 2.24) is 9.80 Å². The zero-order chi connectivity index (χ0) is 18.1. The van der Waals surface area contributed by atoms with Crippen LogP contribution >= 0.6 is 0 Å². The Morgan fingerprint density at radius 1 is 1.21 bits per heavy atom. The normalized spacial score (nSPS) is 35.0. The average Bonchev–Trinajstić information content (AvgIpc) is 2.94. The van der Waals surface area contributed by atoms with E-state index < -0.39 is 29.5 Å². The summed E-state index contributed by atoms with van der Waals surface area (Å²) in [5, 5.41) is 31.8. The minimum Gasteiger partial charge on any atom is -0.444 e. The topological polar surface area (TPSA) is 93.5 Å². The second-order valence-corrected chi connectivity index (χ2v) is 8.22. The highest BCUT2D eigenvalue weighted by Crippen LogP contribution is 2.33. The molecule has 1 aliphatic carbocycles. The Morgan fingerprint density at radius 2 is 1.71 bits per heavy atom. The van der Waals surface area contributed by atoms with Crippen LogP contribution < -0.4 is 0 Å². The standard InChI is InChI=1S/C17H32N2O5/c1-16(2,3)24-15(22)18(4)12-9-13(20)17(23,14(21)10-12)11-19-7-5-6-8-19/h12-14,20-21,23H,5-11H2,1-4H3/t12?,13-,14+,17?. The summed E-state index contributed by atoms with van der Waals surface area (Å²) in [6.45, 7) is 7.39. The summed E-state index contributed by atoms with van der Waals surface area (Å²) in [4.78, 5) is 15.7. The Hall–Kier alpha value is -0.890. The number of likely N-dealkylation sites (tertiary alicyclic amines) is 1. The fraction of sp³-hybridized carbons (Fsp3) is 0.941. The average molecular weight is 344 g/mol. The number of aliphatic hydroxyl groups is 3. The second kappa shape index (κ2) is 7.15. The van der Waals surface area contributed by atoms with Crippen molar-refractivity contribution in [1.29, 1.82) is 0 Å². The van der Waals surface area contributed by atoms with Crippen LogP contribution in [0.5, 0.6) is 0 Å². The van der Waals surface area contributed by atoms with Gasteiger partial charge < -0.3 is 29.9 Å². The molecular weight excluding hydrogens is 312 g/mol. The van der Waals surface area contributed by atoms with Gasteiger partial charge in [0.15, 0.2) is 0 Å². The molecule has 1 saturated heterocycles. The first-order chi connectivity index (χ1) is 11.0.